The van der Waals surface area contributed by atoms with Gasteiger partial charge in [-0.1, -0.05) is 53.5 Å². The maximum absolute atomic E-state index is 13.4. The summed E-state index contributed by atoms with van der Waals surface area (Å²) in [5, 5.41) is 12.0. The van der Waals surface area contributed by atoms with Gasteiger partial charge in [-0.15, -0.1) is 0 Å². The average molecular weight is 653 g/mol. The molecule has 1 atom stereocenters. The van der Waals surface area contributed by atoms with Crippen molar-refractivity contribution in [3.05, 3.63) is 98.0 Å². The highest BCUT2D eigenvalue weighted by molar-refractivity contribution is 7.91. The van der Waals surface area contributed by atoms with Gasteiger partial charge in [-0.05, 0) is 80.2 Å². The van der Waals surface area contributed by atoms with Crippen LogP contribution in [-0.4, -0.2) is 69.9 Å². The molecule has 0 bridgehead atoms. The lowest BCUT2D eigenvalue weighted by Crippen LogP contribution is -2.44. The molecule has 5 rings (SSSR count). The molecule has 2 heterocycles. The number of nitro benzene ring substituents is 1. The van der Waals surface area contributed by atoms with Gasteiger partial charge in [0.1, 0.15) is 0 Å². The molecule has 42 heavy (non-hydrogen) atoms. The molecule has 0 radical (unpaired) electrons. The SMILES string of the molecule is CN(CC(CCN1CCC2(CC1)CS(=O)(=O)c1ccccc12)c1ccc(Cl)c(Cl)c1)S(=O)(=O)c1cccc([N+](=O)[O-])c1. The number of benzene rings is 3. The zero-order chi connectivity index (χ0) is 30.3. The number of likely N-dealkylation sites (N-methyl/N-ethyl adjacent to an activating group) is 1. The first-order chi connectivity index (χ1) is 19.8. The van der Waals surface area contributed by atoms with E-state index in [0.717, 1.165) is 43.1 Å². The van der Waals surface area contributed by atoms with Crippen LogP contribution >= 0.6 is 23.2 Å². The lowest BCUT2D eigenvalue weighted by atomic mass is 9.74. The lowest BCUT2D eigenvalue weighted by molar-refractivity contribution is -0.385. The molecular weight excluding hydrogens is 621 g/mol. The van der Waals surface area contributed by atoms with Crippen LogP contribution in [0.2, 0.25) is 10.0 Å². The standard InChI is InChI=1S/C29H31Cl2N3O6S2/c1-32(42(39,40)24-6-4-5-23(18-24)34(35)36)19-22(21-9-10-26(30)27(31)17-21)11-14-33-15-12-29(13-16-33)20-41(37,38)28-8-3-2-7-25(28)29/h2-10,17-18,22H,11-16,19-20H2,1H3. The first-order valence-corrected chi connectivity index (χ1v) is 17.4. The quantitative estimate of drug-likeness (QED) is 0.221. The van der Waals surface area contributed by atoms with E-state index in [-0.39, 0.29) is 34.2 Å². The molecule has 1 spiro atoms. The predicted octanol–water partition coefficient (Wildman–Crippen LogP) is 5.52. The fourth-order valence-electron chi connectivity index (χ4n) is 6.13. The van der Waals surface area contributed by atoms with Crippen LogP contribution in [0.15, 0.2) is 76.5 Å². The minimum atomic E-state index is -4.01. The Hall–Kier alpha value is -2.54. The van der Waals surface area contributed by atoms with Gasteiger partial charge in [-0.2, -0.15) is 0 Å². The van der Waals surface area contributed by atoms with Gasteiger partial charge in [0, 0.05) is 31.1 Å². The lowest BCUT2D eigenvalue weighted by Gasteiger charge is -2.39. The average Bonchev–Trinajstić information content (AvgIpc) is 3.19. The van der Waals surface area contributed by atoms with Crippen molar-refractivity contribution in [3.8, 4) is 0 Å². The van der Waals surface area contributed by atoms with Gasteiger partial charge in [0.15, 0.2) is 9.84 Å². The van der Waals surface area contributed by atoms with E-state index in [0.29, 0.717) is 27.9 Å². The molecule has 3 aromatic rings. The Morgan fingerprint density at radius 3 is 2.43 bits per heavy atom. The Bertz CT molecular complexity index is 1720. The summed E-state index contributed by atoms with van der Waals surface area (Å²) in [5.74, 6) is -0.110. The third-order valence-electron chi connectivity index (χ3n) is 8.50. The number of piperidine rings is 1. The van der Waals surface area contributed by atoms with E-state index < -0.39 is 24.8 Å². The summed E-state index contributed by atoms with van der Waals surface area (Å²) in [6.07, 6.45) is 2.05. The molecule has 0 aromatic heterocycles. The smallest absolute Gasteiger partial charge is 0.270 e. The maximum atomic E-state index is 13.4. The number of fused-ring (bicyclic) bond motifs is 2. The zero-order valence-corrected chi connectivity index (χ0v) is 26.1. The van der Waals surface area contributed by atoms with Gasteiger partial charge in [0.25, 0.3) is 5.69 Å². The summed E-state index contributed by atoms with van der Waals surface area (Å²) in [7, 11) is -5.86. The number of hydrogen-bond acceptors (Lipinski definition) is 7. The van der Waals surface area contributed by atoms with Crippen molar-refractivity contribution in [2.45, 2.75) is 40.4 Å². The number of sulfone groups is 1. The first-order valence-electron chi connectivity index (χ1n) is 13.5. The summed E-state index contributed by atoms with van der Waals surface area (Å²) >= 11 is 12.5. The van der Waals surface area contributed by atoms with Crippen molar-refractivity contribution < 1.29 is 21.8 Å². The molecule has 1 unspecified atom stereocenters. The van der Waals surface area contributed by atoms with E-state index in [9.17, 15) is 26.9 Å². The van der Waals surface area contributed by atoms with E-state index >= 15 is 0 Å². The van der Waals surface area contributed by atoms with Crippen molar-refractivity contribution in [2.75, 3.05) is 39.0 Å². The van der Waals surface area contributed by atoms with Crippen LogP contribution in [0.4, 0.5) is 5.69 Å². The molecule has 0 aliphatic carbocycles. The molecule has 13 heteroatoms. The molecule has 9 nitrogen and oxygen atoms in total. The van der Waals surface area contributed by atoms with E-state index in [1.54, 1.807) is 24.3 Å². The largest absolute Gasteiger partial charge is 0.303 e. The number of non-ortho nitro benzene ring substituents is 1. The van der Waals surface area contributed by atoms with Gasteiger partial charge in [-0.3, -0.25) is 10.1 Å². The third kappa shape index (κ3) is 6.09. The number of halogens is 2. The van der Waals surface area contributed by atoms with Crippen molar-refractivity contribution in [2.24, 2.45) is 0 Å². The molecule has 0 N–H and O–H groups in total. The fourth-order valence-corrected chi connectivity index (χ4v) is 9.92. The zero-order valence-electron chi connectivity index (χ0n) is 22.9. The van der Waals surface area contributed by atoms with Crippen LogP contribution in [0.3, 0.4) is 0 Å². The Morgan fingerprint density at radius 2 is 1.74 bits per heavy atom. The van der Waals surface area contributed by atoms with Gasteiger partial charge in [-0.25, -0.2) is 21.1 Å². The molecule has 224 valence electrons. The molecule has 2 aliphatic rings. The summed E-state index contributed by atoms with van der Waals surface area (Å²) in [4.78, 5) is 13.2. The topological polar surface area (TPSA) is 118 Å². The van der Waals surface area contributed by atoms with Crippen LogP contribution in [0.5, 0.6) is 0 Å². The summed E-state index contributed by atoms with van der Waals surface area (Å²) in [5.41, 5.74) is 1.08. The Balaban J connectivity index is 1.31. The molecule has 3 aromatic carbocycles. The number of likely N-dealkylation sites (tertiary alicyclic amines) is 1. The Labute approximate surface area is 256 Å². The number of hydrogen-bond donors (Lipinski definition) is 0. The normalized spacial score (nSPS) is 18.7. The number of sulfonamides is 1. The van der Waals surface area contributed by atoms with Crippen molar-refractivity contribution in [1.29, 1.82) is 0 Å². The highest BCUT2D eigenvalue weighted by Gasteiger charge is 2.48. The molecule has 1 fully saturated rings. The molecule has 0 saturated carbocycles. The highest BCUT2D eigenvalue weighted by atomic mass is 35.5. The predicted molar refractivity (Wildman–Crippen MR) is 163 cm³/mol. The molecule has 2 aliphatic heterocycles. The van der Waals surface area contributed by atoms with E-state index in [1.807, 2.05) is 18.2 Å². The third-order valence-corrected chi connectivity index (χ3v) is 13.0. The van der Waals surface area contributed by atoms with E-state index in [1.165, 1.54) is 29.6 Å². The van der Waals surface area contributed by atoms with E-state index in [2.05, 4.69) is 4.90 Å². The maximum Gasteiger partial charge on any atom is 0.270 e. The minimum Gasteiger partial charge on any atom is -0.303 e. The van der Waals surface area contributed by atoms with Gasteiger partial charge >= 0.3 is 0 Å². The van der Waals surface area contributed by atoms with Crippen LogP contribution < -0.4 is 0 Å². The molecule has 0 amide bonds. The monoisotopic (exact) mass is 651 g/mol. The van der Waals surface area contributed by atoms with Gasteiger partial charge in [0.05, 0.1) is 30.5 Å². The molecular formula is C29H31Cl2N3O6S2. The van der Waals surface area contributed by atoms with Gasteiger partial charge < -0.3 is 4.90 Å². The van der Waals surface area contributed by atoms with E-state index in [4.69, 9.17) is 23.2 Å². The number of nitrogens with zero attached hydrogens (tertiary/aromatic N) is 3. The fraction of sp³-hybridized carbons (Fsp3) is 0.379. The summed E-state index contributed by atoms with van der Waals surface area (Å²) in [6, 6.07) is 17.6. The second-order valence-corrected chi connectivity index (χ2v) is 15.9. The molecule has 1 saturated heterocycles. The Morgan fingerprint density at radius 1 is 1.02 bits per heavy atom. The second kappa shape index (κ2) is 11.9. The van der Waals surface area contributed by atoms with Crippen molar-refractivity contribution in [1.82, 2.24) is 9.21 Å². The van der Waals surface area contributed by atoms with Crippen molar-refractivity contribution >= 4 is 48.7 Å². The van der Waals surface area contributed by atoms with Crippen LogP contribution in [0.1, 0.15) is 36.3 Å². The highest BCUT2D eigenvalue weighted by Crippen LogP contribution is 2.46. The van der Waals surface area contributed by atoms with Crippen LogP contribution in [-0.2, 0) is 25.3 Å². The first kappa shape index (κ1) is 30.9. The minimum absolute atomic E-state index is 0.117. The van der Waals surface area contributed by atoms with Gasteiger partial charge in [0.2, 0.25) is 10.0 Å². The second-order valence-electron chi connectivity index (χ2n) is 11.1. The Kier molecular flexibility index (Phi) is 8.73. The number of nitro groups is 1. The summed E-state index contributed by atoms with van der Waals surface area (Å²) in [6.45, 7) is 2.23. The number of rotatable bonds is 9. The summed E-state index contributed by atoms with van der Waals surface area (Å²) < 4.78 is 53.7. The van der Waals surface area contributed by atoms with Crippen LogP contribution in [0, 0.1) is 10.1 Å². The van der Waals surface area contributed by atoms with Crippen LogP contribution in [0.25, 0.3) is 0 Å². The van der Waals surface area contributed by atoms with Crippen molar-refractivity contribution in [3.63, 3.8) is 0 Å².